The molecule has 1 N–H and O–H groups in total. The van der Waals surface area contributed by atoms with Crippen LogP contribution in [0.5, 0.6) is 0 Å². The fourth-order valence-electron chi connectivity index (χ4n) is 2.01. The third-order valence-corrected chi connectivity index (χ3v) is 3.29. The maximum atomic E-state index is 12.9. The van der Waals surface area contributed by atoms with E-state index in [0.717, 1.165) is 30.0 Å². The molecule has 2 aromatic rings. The first-order valence-electron chi connectivity index (χ1n) is 7.37. The van der Waals surface area contributed by atoms with Crippen LogP contribution in [0.1, 0.15) is 33.0 Å². The van der Waals surface area contributed by atoms with Gasteiger partial charge in [-0.2, -0.15) is 0 Å². The second kappa shape index (κ2) is 7.23. The molecule has 1 heterocycles. The number of hydrogen-bond acceptors (Lipinski definition) is 2. The number of furan rings is 1. The molecule has 2 nitrogen and oxygen atoms in total. The van der Waals surface area contributed by atoms with Gasteiger partial charge in [-0.1, -0.05) is 26.3 Å². The molecule has 2 rings (SSSR count). The van der Waals surface area contributed by atoms with Gasteiger partial charge >= 0.3 is 0 Å². The SMILES string of the molecule is CCC(=Cc1ccc(-c2ccc(F)cc2)o1)CNC(C)C. The largest absolute Gasteiger partial charge is 0.457 e. The quantitative estimate of drug-likeness (QED) is 0.819. The van der Waals surface area contributed by atoms with Crippen molar-refractivity contribution in [2.24, 2.45) is 0 Å². The standard InChI is InChI=1S/C18H22FNO/c1-4-14(12-20-13(2)3)11-17-9-10-18(21-17)15-5-7-16(19)8-6-15/h5-11,13,20H,4,12H2,1-3H3. The summed E-state index contributed by atoms with van der Waals surface area (Å²) < 4.78 is 18.8. The van der Waals surface area contributed by atoms with Gasteiger partial charge in [-0.05, 0) is 48.9 Å². The lowest BCUT2D eigenvalue weighted by Crippen LogP contribution is -2.24. The molecule has 0 aliphatic carbocycles. The van der Waals surface area contributed by atoms with Gasteiger partial charge in [0.25, 0.3) is 0 Å². The molecule has 0 bridgehead atoms. The van der Waals surface area contributed by atoms with Crippen LogP contribution in [0.2, 0.25) is 0 Å². The summed E-state index contributed by atoms with van der Waals surface area (Å²) in [5, 5.41) is 3.41. The van der Waals surface area contributed by atoms with Crippen LogP contribution < -0.4 is 5.32 Å². The van der Waals surface area contributed by atoms with E-state index in [4.69, 9.17) is 4.42 Å². The lowest BCUT2D eigenvalue weighted by Gasteiger charge is -2.09. The van der Waals surface area contributed by atoms with Gasteiger partial charge in [0.2, 0.25) is 0 Å². The predicted molar refractivity (Wildman–Crippen MR) is 85.5 cm³/mol. The van der Waals surface area contributed by atoms with Crippen molar-refractivity contribution >= 4 is 6.08 Å². The Kier molecular flexibility index (Phi) is 5.34. The first kappa shape index (κ1) is 15.5. The van der Waals surface area contributed by atoms with E-state index >= 15 is 0 Å². The van der Waals surface area contributed by atoms with Gasteiger partial charge in [-0.25, -0.2) is 4.39 Å². The van der Waals surface area contributed by atoms with E-state index < -0.39 is 0 Å². The summed E-state index contributed by atoms with van der Waals surface area (Å²) in [7, 11) is 0. The summed E-state index contributed by atoms with van der Waals surface area (Å²) in [6.45, 7) is 7.26. The predicted octanol–water partition coefficient (Wildman–Crippen LogP) is 4.88. The fourth-order valence-corrected chi connectivity index (χ4v) is 2.01. The lowest BCUT2D eigenvalue weighted by molar-refractivity contribution is 0.569. The van der Waals surface area contributed by atoms with Crippen LogP contribution in [-0.2, 0) is 0 Å². The molecule has 1 aromatic heterocycles. The Hall–Kier alpha value is -1.87. The van der Waals surface area contributed by atoms with Gasteiger partial charge in [-0.3, -0.25) is 0 Å². The second-order valence-corrected chi connectivity index (χ2v) is 5.40. The monoisotopic (exact) mass is 287 g/mol. The Balaban J connectivity index is 2.13. The van der Waals surface area contributed by atoms with Crippen molar-refractivity contribution < 1.29 is 8.81 Å². The summed E-state index contributed by atoms with van der Waals surface area (Å²) in [5.41, 5.74) is 2.18. The van der Waals surface area contributed by atoms with Crippen LogP contribution in [0.4, 0.5) is 4.39 Å². The summed E-state index contributed by atoms with van der Waals surface area (Å²) in [6, 6.07) is 10.7. The normalized spacial score (nSPS) is 12.1. The number of halogens is 1. The molecule has 112 valence electrons. The Morgan fingerprint density at radius 2 is 1.90 bits per heavy atom. The van der Waals surface area contributed by atoms with E-state index in [2.05, 4.69) is 32.2 Å². The average molecular weight is 287 g/mol. The second-order valence-electron chi connectivity index (χ2n) is 5.40. The van der Waals surface area contributed by atoms with E-state index in [-0.39, 0.29) is 5.82 Å². The number of rotatable bonds is 6. The average Bonchev–Trinajstić information content (AvgIpc) is 2.92. The van der Waals surface area contributed by atoms with Crippen molar-refractivity contribution in [3.8, 4) is 11.3 Å². The zero-order valence-electron chi connectivity index (χ0n) is 12.8. The maximum Gasteiger partial charge on any atom is 0.134 e. The van der Waals surface area contributed by atoms with E-state index in [9.17, 15) is 4.39 Å². The van der Waals surface area contributed by atoms with Crippen molar-refractivity contribution in [3.05, 3.63) is 53.5 Å². The molecule has 0 atom stereocenters. The first-order chi connectivity index (χ1) is 10.1. The molecule has 0 aliphatic heterocycles. The van der Waals surface area contributed by atoms with Crippen LogP contribution in [-0.4, -0.2) is 12.6 Å². The van der Waals surface area contributed by atoms with Crippen LogP contribution in [0.25, 0.3) is 17.4 Å². The third kappa shape index (κ3) is 4.57. The van der Waals surface area contributed by atoms with Crippen molar-refractivity contribution in [2.45, 2.75) is 33.2 Å². The van der Waals surface area contributed by atoms with E-state index in [1.54, 1.807) is 12.1 Å². The molecule has 0 spiro atoms. The first-order valence-corrected chi connectivity index (χ1v) is 7.37. The lowest BCUT2D eigenvalue weighted by atomic mass is 10.1. The molecular formula is C18H22FNO. The zero-order valence-corrected chi connectivity index (χ0v) is 12.8. The number of benzene rings is 1. The molecule has 0 radical (unpaired) electrons. The number of hydrogen-bond donors (Lipinski definition) is 1. The van der Waals surface area contributed by atoms with Gasteiger partial charge in [0.15, 0.2) is 0 Å². The topological polar surface area (TPSA) is 25.2 Å². The molecule has 0 aliphatic rings. The molecular weight excluding hydrogens is 265 g/mol. The highest BCUT2D eigenvalue weighted by atomic mass is 19.1. The highest BCUT2D eigenvalue weighted by Crippen LogP contribution is 2.23. The van der Waals surface area contributed by atoms with E-state index in [0.29, 0.717) is 6.04 Å². The van der Waals surface area contributed by atoms with E-state index in [1.807, 2.05) is 12.1 Å². The number of nitrogens with one attached hydrogen (secondary N) is 1. The van der Waals surface area contributed by atoms with Gasteiger partial charge in [-0.15, -0.1) is 0 Å². The summed E-state index contributed by atoms with van der Waals surface area (Å²) in [4.78, 5) is 0. The Morgan fingerprint density at radius 3 is 2.52 bits per heavy atom. The van der Waals surface area contributed by atoms with Crippen LogP contribution in [0.15, 0.2) is 46.4 Å². The summed E-state index contributed by atoms with van der Waals surface area (Å²) in [5.74, 6) is 1.35. The van der Waals surface area contributed by atoms with Gasteiger partial charge in [0, 0.05) is 18.2 Å². The molecule has 0 fully saturated rings. The minimum atomic E-state index is -0.238. The highest BCUT2D eigenvalue weighted by molar-refractivity contribution is 5.60. The third-order valence-electron chi connectivity index (χ3n) is 3.29. The summed E-state index contributed by atoms with van der Waals surface area (Å²) in [6.07, 6.45) is 3.05. The highest BCUT2D eigenvalue weighted by Gasteiger charge is 2.05. The molecule has 0 saturated heterocycles. The van der Waals surface area contributed by atoms with Crippen molar-refractivity contribution in [2.75, 3.05) is 6.54 Å². The Labute approximate surface area is 125 Å². The van der Waals surface area contributed by atoms with Crippen LogP contribution in [0.3, 0.4) is 0 Å². The van der Waals surface area contributed by atoms with Gasteiger partial charge in [0.1, 0.15) is 17.3 Å². The van der Waals surface area contributed by atoms with Crippen molar-refractivity contribution in [3.63, 3.8) is 0 Å². The molecule has 1 aromatic carbocycles. The van der Waals surface area contributed by atoms with Crippen LogP contribution in [0, 0.1) is 5.82 Å². The van der Waals surface area contributed by atoms with Gasteiger partial charge in [0.05, 0.1) is 0 Å². The Morgan fingerprint density at radius 1 is 1.19 bits per heavy atom. The maximum absolute atomic E-state index is 12.9. The minimum Gasteiger partial charge on any atom is -0.457 e. The van der Waals surface area contributed by atoms with Crippen molar-refractivity contribution in [1.82, 2.24) is 5.32 Å². The van der Waals surface area contributed by atoms with Crippen LogP contribution >= 0.6 is 0 Å². The zero-order chi connectivity index (χ0) is 15.2. The molecule has 21 heavy (non-hydrogen) atoms. The smallest absolute Gasteiger partial charge is 0.134 e. The minimum absolute atomic E-state index is 0.238. The Bertz CT molecular complexity index is 596. The van der Waals surface area contributed by atoms with E-state index in [1.165, 1.54) is 17.7 Å². The molecule has 0 amide bonds. The summed E-state index contributed by atoms with van der Waals surface area (Å²) >= 11 is 0. The molecule has 0 unspecified atom stereocenters. The van der Waals surface area contributed by atoms with Crippen molar-refractivity contribution in [1.29, 1.82) is 0 Å². The molecule has 0 saturated carbocycles. The fraction of sp³-hybridized carbons (Fsp3) is 0.333. The van der Waals surface area contributed by atoms with Gasteiger partial charge < -0.3 is 9.73 Å². The molecule has 3 heteroatoms.